The Morgan fingerprint density at radius 1 is 1.16 bits per heavy atom. The molecule has 19 heavy (non-hydrogen) atoms. The SMILES string of the molecule is CC(C)(CNC(C)(C)C)COCc1cccc(Cl)c1. The van der Waals surface area contributed by atoms with E-state index in [1.807, 2.05) is 24.3 Å². The molecule has 0 aromatic heterocycles. The Morgan fingerprint density at radius 3 is 2.42 bits per heavy atom. The average molecular weight is 284 g/mol. The summed E-state index contributed by atoms with van der Waals surface area (Å²) in [5, 5.41) is 4.28. The van der Waals surface area contributed by atoms with Crippen LogP contribution in [0.3, 0.4) is 0 Å². The molecule has 1 rings (SSSR count). The van der Waals surface area contributed by atoms with Crippen molar-refractivity contribution in [2.24, 2.45) is 5.41 Å². The van der Waals surface area contributed by atoms with Crippen molar-refractivity contribution in [1.29, 1.82) is 0 Å². The van der Waals surface area contributed by atoms with Gasteiger partial charge in [-0.2, -0.15) is 0 Å². The molecule has 0 radical (unpaired) electrons. The molecular formula is C16H26ClNO. The van der Waals surface area contributed by atoms with E-state index in [1.165, 1.54) is 0 Å². The van der Waals surface area contributed by atoms with Gasteiger partial charge in [0.05, 0.1) is 13.2 Å². The van der Waals surface area contributed by atoms with E-state index in [-0.39, 0.29) is 11.0 Å². The lowest BCUT2D eigenvalue weighted by Gasteiger charge is -2.30. The lowest BCUT2D eigenvalue weighted by Crippen LogP contribution is -2.43. The van der Waals surface area contributed by atoms with Gasteiger partial charge in [0.2, 0.25) is 0 Å². The summed E-state index contributed by atoms with van der Waals surface area (Å²) in [6.45, 7) is 13.2. The standard InChI is InChI=1S/C16H26ClNO/c1-15(2,3)18-11-16(4,5)12-19-10-13-7-6-8-14(17)9-13/h6-9,18H,10-12H2,1-5H3. The van der Waals surface area contributed by atoms with Crippen molar-refractivity contribution >= 4 is 11.6 Å². The molecule has 1 aromatic rings. The number of benzene rings is 1. The van der Waals surface area contributed by atoms with Gasteiger partial charge in [-0.15, -0.1) is 0 Å². The third-order valence-corrected chi connectivity index (χ3v) is 2.98. The van der Waals surface area contributed by atoms with Gasteiger partial charge in [0, 0.05) is 22.5 Å². The summed E-state index contributed by atoms with van der Waals surface area (Å²) in [4.78, 5) is 0. The van der Waals surface area contributed by atoms with Crippen LogP contribution in [0.2, 0.25) is 5.02 Å². The second-order valence-corrected chi connectivity index (χ2v) is 7.33. The predicted molar refractivity (Wildman–Crippen MR) is 82.6 cm³/mol. The van der Waals surface area contributed by atoms with Gasteiger partial charge in [-0.05, 0) is 38.5 Å². The summed E-state index contributed by atoms with van der Waals surface area (Å²) >= 11 is 5.95. The predicted octanol–water partition coefficient (Wildman–Crippen LogP) is 4.27. The molecule has 0 saturated heterocycles. The smallest absolute Gasteiger partial charge is 0.0717 e. The molecule has 0 unspecified atom stereocenters. The zero-order valence-corrected chi connectivity index (χ0v) is 13.5. The quantitative estimate of drug-likeness (QED) is 0.842. The number of halogens is 1. The van der Waals surface area contributed by atoms with Crippen molar-refractivity contribution in [2.75, 3.05) is 13.2 Å². The van der Waals surface area contributed by atoms with Crippen LogP contribution >= 0.6 is 11.6 Å². The molecule has 1 aromatic carbocycles. The van der Waals surface area contributed by atoms with Crippen molar-refractivity contribution in [2.45, 2.75) is 46.8 Å². The number of rotatable bonds is 6. The number of hydrogen-bond donors (Lipinski definition) is 1. The molecule has 0 fully saturated rings. The van der Waals surface area contributed by atoms with Crippen molar-refractivity contribution in [3.05, 3.63) is 34.9 Å². The van der Waals surface area contributed by atoms with E-state index in [0.717, 1.165) is 23.7 Å². The van der Waals surface area contributed by atoms with Crippen LogP contribution in [0.1, 0.15) is 40.2 Å². The fourth-order valence-electron chi connectivity index (χ4n) is 1.63. The lowest BCUT2D eigenvalue weighted by atomic mass is 9.93. The largest absolute Gasteiger partial charge is 0.376 e. The monoisotopic (exact) mass is 283 g/mol. The van der Waals surface area contributed by atoms with Crippen LogP contribution in [0.5, 0.6) is 0 Å². The molecule has 3 heteroatoms. The highest BCUT2D eigenvalue weighted by atomic mass is 35.5. The minimum atomic E-state index is 0.117. The molecule has 0 saturated carbocycles. The van der Waals surface area contributed by atoms with Crippen molar-refractivity contribution in [1.82, 2.24) is 5.32 Å². The Balaban J connectivity index is 2.35. The van der Waals surface area contributed by atoms with E-state index < -0.39 is 0 Å². The third-order valence-electron chi connectivity index (χ3n) is 2.75. The molecule has 0 atom stereocenters. The maximum absolute atomic E-state index is 5.95. The van der Waals surface area contributed by atoms with E-state index in [2.05, 4.69) is 39.9 Å². The molecule has 0 spiro atoms. The minimum absolute atomic E-state index is 0.117. The maximum atomic E-state index is 5.95. The van der Waals surface area contributed by atoms with Crippen LogP contribution in [0.25, 0.3) is 0 Å². The van der Waals surface area contributed by atoms with Gasteiger partial charge in [-0.25, -0.2) is 0 Å². The highest BCUT2D eigenvalue weighted by molar-refractivity contribution is 6.30. The van der Waals surface area contributed by atoms with E-state index in [1.54, 1.807) is 0 Å². The Labute approximate surface area is 122 Å². The molecule has 0 aliphatic heterocycles. The van der Waals surface area contributed by atoms with Gasteiger partial charge in [-0.1, -0.05) is 37.6 Å². The van der Waals surface area contributed by atoms with Gasteiger partial charge < -0.3 is 10.1 Å². The molecule has 0 bridgehead atoms. The summed E-state index contributed by atoms with van der Waals surface area (Å²) in [6.07, 6.45) is 0. The van der Waals surface area contributed by atoms with E-state index >= 15 is 0 Å². The van der Waals surface area contributed by atoms with Gasteiger partial charge in [0.15, 0.2) is 0 Å². The molecule has 1 N–H and O–H groups in total. The van der Waals surface area contributed by atoms with Crippen molar-refractivity contribution in [3.8, 4) is 0 Å². The Kier molecular flexibility index (Phi) is 5.84. The van der Waals surface area contributed by atoms with Crippen LogP contribution in [-0.4, -0.2) is 18.7 Å². The molecule has 0 amide bonds. The molecule has 0 aliphatic carbocycles. The first-order chi connectivity index (χ1) is 8.68. The lowest BCUT2D eigenvalue weighted by molar-refractivity contribution is 0.0483. The van der Waals surface area contributed by atoms with E-state index in [0.29, 0.717) is 6.61 Å². The van der Waals surface area contributed by atoms with E-state index in [4.69, 9.17) is 16.3 Å². The van der Waals surface area contributed by atoms with Crippen LogP contribution in [0.4, 0.5) is 0 Å². The van der Waals surface area contributed by atoms with Crippen LogP contribution in [0.15, 0.2) is 24.3 Å². The third kappa shape index (κ3) is 7.56. The highest BCUT2D eigenvalue weighted by Crippen LogP contribution is 2.18. The Bertz CT molecular complexity index is 396. The summed E-state index contributed by atoms with van der Waals surface area (Å²) in [6, 6.07) is 7.81. The molecular weight excluding hydrogens is 258 g/mol. The van der Waals surface area contributed by atoms with Gasteiger partial charge in [0.1, 0.15) is 0 Å². The molecule has 0 heterocycles. The van der Waals surface area contributed by atoms with E-state index in [9.17, 15) is 0 Å². The summed E-state index contributed by atoms with van der Waals surface area (Å²) in [5.41, 5.74) is 1.38. The first-order valence-corrected chi connectivity index (χ1v) is 7.13. The zero-order chi connectivity index (χ0) is 14.5. The summed E-state index contributed by atoms with van der Waals surface area (Å²) in [5.74, 6) is 0. The first kappa shape index (κ1) is 16.5. The van der Waals surface area contributed by atoms with Gasteiger partial charge >= 0.3 is 0 Å². The molecule has 2 nitrogen and oxygen atoms in total. The zero-order valence-electron chi connectivity index (χ0n) is 12.7. The fourth-order valence-corrected chi connectivity index (χ4v) is 1.84. The number of ether oxygens (including phenoxy) is 1. The van der Waals surface area contributed by atoms with Crippen LogP contribution in [-0.2, 0) is 11.3 Å². The number of nitrogens with one attached hydrogen (secondary N) is 1. The van der Waals surface area contributed by atoms with Gasteiger partial charge in [-0.3, -0.25) is 0 Å². The van der Waals surface area contributed by atoms with Gasteiger partial charge in [0.25, 0.3) is 0 Å². The summed E-state index contributed by atoms with van der Waals surface area (Å²) in [7, 11) is 0. The normalized spacial score (nSPS) is 12.7. The highest BCUT2D eigenvalue weighted by Gasteiger charge is 2.21. The molecule has 0 aliphatic rings. The van der Waals surface area contributed by atoms with Crippen LogP contribution < -0.4 is 5.32 Å². The van der Waals surface area contributed by atoms with Crippen LogP contribution in [0, 0.1) is 5.41 Å². The second-order valence-electron chi connectivity index (χ2n) is 6.89. The Morgan fingerprint density at radius 2 is 1.84 bits per heavy atom. The van der Waals surface area contributed by atoms with Crippen molar-refractivity contribution in [3.63, 3.8) is 0 Å². The fraction of sp³-hybridized carbons (Fsp3) is 0.625. The average Bonchev–Trinajstić information content (AvgIpc) is 2.26. The van der Waals surface area contributed by atoms with Crippen molar-refractivity contribution < 1.29 is 4.74 Å². The topological polar surface area (TPSA) is 21.3 Å². The first-order valence-electron chi connectivity index (χ1n) is 6.75. The summed E-state index contributed by atoms with van der Waals surface area (Å²) < 4.78 is 5.81. The molecule has 108 valence electrons. The Hall–Kier alpha value is -0.570. The maximum Gasteiger partial charge on any atom is 0.0717 e. The minimum Gasteiger partial charge on any atom is -0.376 e. The second kappa shape index (κ2) is 6.74. The number of hydrogen-bond acceptors (Lipinski definition) is 2.